The molecule has 3 rings (SSSR count). The number of nitrogens with zero attached hydrogens (tertiary/aromatic N) is 1. The third-order valence-electron chi connectivity index (χ3n) is 12.7. The van der Waals surface area contributed by atoms with Crippen molar-refractivity contribution in [2.75, 3.05) is 27.7 Å². The fraction of sp³-hybridized carbons (Fsp3) is 0.975. The molecule has 3 aliphatic heterocycles. The molecule has 14 heteroatoms. The van der Waals surface area contributed by atoms with Crippen LogP contribution in [-0.2, 0) is 33.2 Å². The van der Waals surface area contributed by atoms with E-state index in [4.69, 9.17) is 28.4 Å². The molecule has 0 saturated carbocycles. The molecule has 8 unspecified atom stereocenters. The molecule has 0 aromatic carbocycles. The standard InChI is InChI=1S/C40H76N2O12/c1-15-17-41-30-21(3)19-38(9,47)35(54-37-31(43)27(42(12)13)18-22(4)50-37)24(6)32(53-29-20-39(10,49-14)34(45)26(8)51-29)25(7)36(46)52-28(16-2)40(11,48)33(44)23(30)5/h21-35,37,41,43-45,47-48H,15-20H2,1-14H3/t21-,22?,23+,24+,25-,26?,27?,28-,29?,30+,31?,32+,33-,34?,35-,37?,38-,39?,40-/m1/s1. The van der Waals surface area contributed by atoms with Gasteiger partial charge < -0.3 is 64.2 Å². The van der Waals surface area contributed by atoms with E-state index in [1.165, 1.54) is 14.0 Å². The van der Waals surface area contributed by atoms with E-state index in [0.29, 0.717) is 13.0 Å². The molecule has 3 heterocycles. The number of hydrogen-bond donors (Lipinski definition) is 6. The molecule has 19 atom stereocenters. The van der Waals surface area contributed by atoms with Crippen molar-refractivity contribution in [2.24, 2.45) is 23.7 Å². The smallest absolute Gasteiger partial charge is 0.311 e. The van der Waals surface area contributed by atoms with E-state index in [9.17, 15) is 30.3 Å². The van der Waals surface area contributed by atoms with Gasteiger partial charge in [0.1, 0.15) is 23.9 Å². The van der Waals surface area contributed by atoms with Crippen LogP contribution in [-0.4, -0.2) is 154 Å². The van der Waals surface area contributed by atoms with Gasteiger partial charge in [0, 0.05) is 37.5 Å². The van der Waals surface area contributed by atoms with Crippen molar-refractivity contribution in [3.63, 3.8) is 0 Å². The summed E-state index contributed by atoms with van der Waals surface area (Å²) < 4.78 is 37.7. The molecule has 0 spiro atoms. The highest BCUT2D eigenvalue weighted by atomic mass is 16.7. The Bertz CT molecular complexity index is 1180. The fourth-order valence-corrected chi connectivity index (χ4v) is 9.30. The first kappa shape index (κ1) is 47.4. The van der Waals surface area contributed by atoms with E-state index >= 15 is 0 Å². The summed E-state index contributed by atoms with van der Waals surface area (Å²) in [6.45, 7) is 20.4. The molecule has 0 aliphatic carbocycles. The van der Waals surface area contributed by atoms with Gasteiger partial charge >= 0.3 is 5.97 Å². The van der Waals surface area contributed by atoms with Gasteiger partial charge in [-0.15, -0.1) is 0 Å². The Morgan fingerprint density at radius 3 is 2.09 bits per heavy atom. The van der Waals surface area contributed by atoms with E-state index in [1.807, 2.05) is 53.6 Å². The zero-order chi connectivity index (χ0) is 41.1. The number of carbonyl (C=O) groups excluding carboxylic acids is 1. The lowest BCUT2D eigenvalue weighted by molar-refractivity contribution is -0.318. The van der Waals surface area contributed by atoms with Gasteiger partial charge in [-0.05, 0) is 93.8 Å². The van der Waals surface area contributed by atoms with Crippen molar-refractivity contribution in [3.05, 3.63) is 0 Å². The quantitative estimate of drug-likeness (QED) is 0.178. The van der Waals surface area contributed by atoms with E-state index < -0.39 is 95.8 Å². The first-order valence-corrected chi connectivity index (χ1v) is 20.2. The second kappa shape index (κ2) is 19.2. The SMILES string of the molecule is CCCN[C@@H]1[C@H](C)[C@@H](O)[C@](C)(O)[C@@H](CC)OC(=O)[C@H](C)[C@@H](OC2CC(C)(OC)C(O)C(C)O2)[C@H](C)[C@@H](OC2OC(C)CC(N(C)C)C2O)[C@](C)(O)C[C@H]1C. The molecular weight excluding hydrogens is 700 g/mol. The number of carbonyl (C=O) groups is 1. The van der Waals surface area contributed by atoms with Crippen LogP contribution in [0.15, 0.2) is 0 Å². The normalized spacial score (nSPS) is 49.0. The molecule has 318 valence electrons. The zero-order valence-corrected chi connectivity index (χ0v) is 35.5. The highest BCUT2D eigenvalue weighted by Crippen LogP contribution is 2.41. The summed E-state index contributed by atoms with van der Waals surface area (Å²) in [5, 5.41) is 62.6. The van der Waals surface area contributed by atoms with E-state index in [0.717, 1.165) is 6.42 Å². The summed E-state index contributed by atoms with van der Waals surface area (Å²) in [6, 6.07) is -0.655. The van der Waals surface area contributed by atoms with Crippen LogP contribution in [0.4, 0.5) is 0 Å². The molecule has 3 aliphatic rings. The van der Waals surface area contributed by atoms with Gasteiger partial charge in [-0.1, -0.05) is 34.6 Å². The predicted molar refractivity (Wildman–Crippen MR) is 203 cm³/mol. The Morgan fingerprint density at radius 1 is 0.907 bits per heavy atom. The number of esters is 1. The molecule has 0 aromatic heterocycles. The second-order valence-electron chi connectivity index (χ2n) is 17.7. The van der Waals surface area contributed by atoms with Crippen LogP contribution < -0.4 is 5.32 Å². The maximum Gasteiger partial charge on any atom is 0.311 e. The molecule has 0 radical (unpaired) electrons. The number of cyclic esters (lactones) is 1. The number of rotatable bonds is 10. The number of aliphatic hydroxyl groups is 5. The number of nitrogens with one attached hydrogen (secondary N) is 1. The van der Waals surface area contributed by atoms with Crippen molar-refractivity contribution >= 4 is 5.97 Å². The summed E-state index contributed by atoms with van der Waals surface area (Å²) in [4.78, 5) is 16.2. The fourth-order valence-electron chi connectivity index (χ4n) is 9.30. The molecule has 0 bridgehead atoms. The van der Waals surface area contributed by atoms with E-state index in [1.54, 1.807) is 34.6 Å². The Hall–Kier alpha value is -1.01. The Morgan fingerprint density at radius 2 is 1.54 bits per heavy atom. The summed E-state index contributed by atoms with van der Waals surface area (Å²) in [7, 11) is 5.28. The van der Waals surface area contributed by atoms with Crippen LogP contribution in [0.2, 0.25) is 0 Å². The molecule has 3 fully saturated rings. The summed E-state index contributed by atoms with van der Waals surface area (Å²) in [5.41, 5.74) is -4.46. The van der Waals surface area contributed by atoms with Gasteiger partial charge in [-0.2, -0.15) is 0 Å². The molecule has 0 aromatic rings. The van der Waals surface area contributed by atoms with Crippen LogP contribution in [0.3, 0.4) is 0 Å². The van der Waals surface area contributed by atoms with Crippen molar-refractivity contribution in [2.45, 2.75) is 199 Å². The minimum absolute atomic E-state index is 0.132. The first-order chi connectivity index (χ1) is 25.0. The molecule has 0 amide bonds. The van der Waals surface area contributed by atoms with Crippen LogP contribution in [0, 0.1) is 23.7 Å². The van der Waals surface area contributed by atoms with Gasteiger partial charge in [-0.3, -0.25) is 4.79 Å². The summed E-state index contributed by atoms with van der Waals surface area (Å²) in [6.07, 6.45) is -7.54. The first-order valence-electron chi connectivity index (χ1n) is 20.2. The van der Waals surface area contributed by atoms with Gasteiger partial charge in [0.15, 0.2) is 12.6 Å². The average molecular weight is 777 g/mol. The predicted octanol–water partition coefficient (Wildman–Crippen LogP) is 2.58. The molecule has 14 nitrogen and oxygen atoms in total. The van der Waals surface area contributed by atoms with E-state index in [-0.39, 0.29) is 43.4 Å². The van der Waals surface area contributed by atoms with Crippen molar-refractivity contribution < 1.29 is 58.7 Å². The minimum Gasteiger partial charge on any atom is -0.459 e. The Balaban J connectivity index is 2.22. The van der Waals surface area contributed by atoms with Crippen molar-refractivity contribution in [3.8, 4) is 0 Å². The van der Waals surface area contributed by atoms with Gasteiger partial charge in [0.05, 0.1) is 47.6 Å². The van der Waals surface area contributed by atoms with Gasteiger partial charge in [0.2, 0.25) is 0 Å². The van der Waals surface area contributed by atoms with Crippen LogP contribution in [0.1, 0.15) is 108 Å². The zero-order valence-electron chi connectivity index (χ0n) is 35.5. The lowest BCUT2D eigenvalue weighted by Gasteiger charge is -2.49. The third kappa shape index (κ3) is 10.5. The number of likely N-dealkylation sites (N-methyl/N-ethyl adjacent to an activating group) is 1. The third-order valence-corrected chi connectivity index (χ3v) is 12.7. The monoisotopic (exact) mass is 777 g/mol. The highest BCUT2D eigenvalue weighted by molar-refractivity contribution is 5.73. The largest absolute Gasteiger partial charge is 0.459 e. The molecule has 6 N–H and O–H groups in total. The van der Waals surface area contributed by atoms with Crippen molar-refractivity contribution in [1.82, 2.24) is 10.2 Å². The van der Waals surface area contributed by atoms with E-state index in [2.05, 4.69) is 5.32 Å². The number of methoxy groups -OCH3 is 1. The topological polar surface area (TPSA) is 189 Å². The average Bonchev–Trinajstić information content (AvgIpc) is 3.09. The highest BCUT2D eigenvalue weighted by Gasteiger charge is 2.53. The summed E-state index contributed by atoms with van der Waals surface area (Å²) in [5.74, 6) is -3.25. The lowest BCUT2D eigenvalue weighted by atomic mass is 9.72. The number of aliphatic hydroxyl groups excluding tert-OH is 3. The van der Waals surface area contributed by atoms with Crippen LogP contribution in [0.25, 0.3) is 0 Å². The molecule has 54 heavy (non-hydrogen) atoms. The van der Waals surface area contributed by atoms with Crippen LogP contribution >= 0.6 is 0 Å². The van der Waals surface area contributed by atoms with Crippen LogP contribution in [0.5, 0.6) is 0 Å². The minimum atomic E-state index is -1.82. The van der Waals surface area contributed by atoms with Crippen molar-refractivity contribution in [1.29, 1.82) is 0 Å². The lowest BCUT2D eigenvalue weighted by Crippen LogP contribution is -2.62. The van der Waals surface area contributed by atoms with Gasteiger partial charge in [-0.25, -0.2) is 0 Å². The van der Waals surface area contributed by atoms with Gasteiger partial charge in [0.25, 0.3) is 0 Å². The Labute approximate surface area is 324 Å². The maximum absolute atomic E-state index is 14.3. The number of hydrogen-bond acceptors (Lipinski definition) is 14. The number of ether oxygens (including phenoxy) is 6. The molecule has 3 saturated heterocycles. The maximum atomic E-state index is 14.3. The second-order valence-corrected chi connectivity index (χ2v) is 17.7. The molecular formula is C40H76N2O12. The Kier molecular flexibility index (Phi) is 16.8. The summed E-state index contributed by atoms with van der Waals surface area (Å²) >= 11 is 0.